The van der Waals surface area contributed by atoms with Gasteiger partial charge in [-0.3, -0.25) is 9.97 Å². The zero-order valence-electron chi connectivity index (χ0n) is 20.6. The minimum absolute atomic E-state index is 0.0578. The van der Waals surface area contributed by atoms with E-state index in [1.54, 1.807) is 25.3 Å². The highest BCUT2D eigenvalue weighted by atomic mass is 32.2. The van der Waals surface area contributed by atoms with Crippen LogP contribution in [0.2, 0.25) is 0 Å². The van der Waals surface area contributed by atoms with Crippen LogP contribution in [-0.4, -0.2) is 34.7 Å². The maximum absolute atomic E-state index is 12.4. The van der Waals surface area contributed by atoms with Crippen molar-refractivity contribution in [1.29, 1.82) is 0 Å². The Kier molecular flexibility index (Phi) is 6.19. The van der Waals surface area contributed by atoms with Gasteiger partial charge in [-0.1, -0.05) is 30.3 Å². The molecule has 1 atom stereocenters. The minimum atomic E-state index is -3.53. The second-order valence-corrected chi connectivity index (χ2v) is 10.5. The molecule has 4 heterocycles. The summed E-state index contributed by atoms with van der Waals surface area (Å²) in [5, 5.41) is 4.10. The lowest BCUT2D eigenvalue weighted by Crippen LogP contribution is -2.22. The molecule has 0 fully saturated rings. The van der Waals surface area contributed by atoms with Gasteiger partial charge < -0.3 is 9.09 Å². The first-order valence-corrected chi connectivity index (χ1v) is 13.2. The van der Waals surface area contributed by atoms with E-state index in [0.29, 0.717) is 6.54 Å². The van der Waals surface area contributed by atoms with Crippen LogP contribution in [0.25, 0.3) is 33.3 Å². The summed E-state index contributed by atoms with van der Waals surface area (Å²) in [6.45, 7) is 8.00. The predicted molar refractivity (Wildman–Crippen MR) is 139 cm³/mol. The van der Waals surface area contributed by atoms with E-state index < -0.39 is 10.0 Å². The molecule has 5 aromatic rings. The lowest BCUT2D eigenvalue weighted by molar-refractivity contribution is 0.393. The molecule has 0 unspecified atom stereocenters. The zero-order valence-corrected chi connectivity index (χ0v) is 21.4. The summed E-state index contributed by atoms with van der Waals surface area (Å²) < 4.78 is 34.9. The van der Waals surface area contributed by atoms with E-state index in [4.69, 9.17) is 9.51 Å². The van der Waals surface area contributed by atoms with Gasteiger partial charge in [-0.2, -0.15) is 0 Å². The Balaban J connectivity index is 1.68. The minimum Gasteiger partial charge on any atom is -0.361 e. The van der Waals surface area contributed by atoms with E-state index >= 15 is 0 Å². The van der Waals surface area contributed by atoms with Crippen molar-refractivity contribution in [2.45, 2.75) is 38.6 Å². The molecule has 0 bridgehead atoms. The quantitative estimate of drug-likeness (QED) is 0.326. The molecule has 1 N–H and O–H groups in total. The second kappa shape index (κ2) is 9.33. The summed E-state index contributed by atoms with van der Waals surface area (Å²) in [7, 11) is -3.53. The molecule has 36 heavy (non-hydrogen) atoms. The van der Waals surface area contributed by atoms with Crippen LogP contribution in [-0.2, 0) is 10.0 Å². The number of benzene rings is 1. The Labute approximate surface area is 210 Å². The van der Waals surface area contributed by atoms with E-state index in [1.165, 1.54) is 0 Å². The summed E-state index contributed by atoms with van der Waals surface area (Å²) in [6, 6.07) is 14.8. The first kappa shape index (κ1) is 23.9. The van der Waals surface area contributed by atoms with Gasteiger partial charge in [0.2, 0.25) is 10.0 Å². The molecule has 0 saturated carbocycles. The molecule has 0 radical (unpaired) electrons. The highest BCUT2D eigenvalue weighted by molar-refractivity contribution is 7.89. The standard InChI is InChI=1S/C27H27N5O3S/c1-5-30-36(33,34)22-11-9-20(10-12-22)23-16-32(18(3)24-8-6-7-13-28-24)25-14-21(15-29-27(23)25)26-17(2)31-35-19(26)4/h6-16,18,30H,5H2,1-4H3/t18-/m0/s1. The molecule has 184 valence electrons. The maximum Gasteiger partial charge on any atom is 0.240 e. The topological polar surface area (TPSA) is 103 Å². The van der Waals surface area contributed by atoms with Crippen molar-refractivity contribution in [3.8, 4) is 22.3 Å². The van der Waals surface area contributed by atoms with Gasteiger partial charge in [-0.05, 0) is 56.7 Å². The molecule has 0 spiro atoms. The fourth-order valence-electron chi connectivity index (χ4n) is 4.54. The van der Waals surface area contributed by atoms with Gasteiger partial charge in [0.1, 0.15) is 5.76 Å². The monoisotopic (exact) mass is 501 g/mol. The predicted octanol–water partition coefficient (Wildman–Crippen LogP) is 5.28. The van der Waals surface area contributed by atoms with Crippen LogP contribution in [0.5, 0.6) is 0 Å². The Bertz CT molecular complexity index is 1620. The number of pyridine rings is 2. The molecule has 1 aromatic carbocycles. The van der Waals surface area contributed by atoms with E-state index in [9.17, 15) is 8.42 Å². The van der Waals surface area contributed by atoms with E-state index in [0.717, 1.165) is 50.4 Å². The fraction of sp³-hybridized carbons (Fsp3) is 0.222. The average Bonchev–Trinajstić information content (AvgIpc) is 3.43. The Morgan fingerprint density at radius 1 is 1.06 bits per heavy atom. The van der Waals surface area contributed by atoms with Gasteiger partial charge in [-0.25, -0.2) is 13.1 Å². The number of nitrogens with zero attached hydrogens (tertiary/aromatic N) is 4. The van der Waals surface area contributed by atoms with Gasteiger partial charge >= 0.3 is 0 Å². The third-order valence-electron chi connectivity index (χ3n) is 6.33. The van der Waals surface area contributed by atoms with Gasteiger partial charge in [0, 0.05) is 41.8 Å². The van der Waals surface area contributed by atoms with Crippen LogP contribution in [0.1, 0.15) is 37.0 Å². The van der Waals surface area contributed by atoms with Crippen LogP contribution >= 0.6 is 0 Å². The third kappa shape index (κ3) is 4.20. The summed E-state index contributed by atoms with van der Waals surface area (Å²) in [6.07, 6.45) is 5.68. The van der Waals surface area contributed by atoms with Crippen LogP contribution in [0.15, 0.2) is 76.5 Å². The number of fused-ring (bicyclic) bond motifs is 1. The summed E-state index contributed by atoms with van der Waals surface area (Å²) >= 11 is 0. The smallest absolute Gasteiger partial charge is 0.240 e. The Morgan fingerprint density at radius 3 is 2.47 bits per heavy atom. The third-order valence-corrected chi connectivity index (χ3v) is 7.90. The maximum atomic E-state index is 12.4. The van der Waals surface area contributed by atoms with Crippen LogP contribution in [0.4, 0.5) is 0 Å². The molecule has 0 amide bonds. The van der Waals surface area contributed by atoms with Crippen molar-refractivity contribution >= 4 is 21.1 Å². The molecule has 5 rings (SSSR count). The Morgan fingerprint density at radius 2 is 1.83 bits per heavy atom. The second-order valence-electron chi connectivity index (χ2n) is 8.70. The van der Waals surface area contributed by atoms with E-state index in [-0.39, 0.29) is 10.9 Å². The van der Waals surface area contributed by atoms with Gasteiger partial charge in [0.25, 0.3) is 0 Å². The van der Waals surface area contributed by atoms with E-state index in [1.807, 2.05) is 50.4 Å². The highest BCUT2D eigenvalue weighted by Gasteiger charge is 2.21. The van der Waals surface area contributed by atoms with Crippen molar-refractivity contribution in [3.63, 3.8) is 0 Å². The van der Waals surface area contributed by atoms with E-state index in [2.05, 4.69) is 38.6 Å². The summed E-state index contributed by atoms with van der Waals surface area (Å²) in [5.74, 6) is 0.738. The van der Waals surface area contributed by atoms with Crippen molar-refractivity contribution in [3.05, 3.63) is 84.3 Å². The molecular weight excluding hydrogens is 474 g/mol. The zero-order chi connectivity index (χ0) is 25.4. The fourth-order valence-corrected chi connectivity index (χ4v) is 5.58. The van der Waals surface area contributed by atoms with Gasteiger partial charge in [0.05, 0.1) is 33.4 Å². The largest absolute Gasteiger partial charge is 0.361 e. The molecular formula is C27H27N5O3S. The molecule has 8 nitrogen and oxygen atoms in total. The molecule has 0 saturated heterocycles. The van der Waals surface area contributed by atoms with Crippen LogP contribution in [0, 0.1) is 13.8 Å². The normalized spacial score (nSPS) is 12.8. The number of aryl methyl sites for hydroxylation is 2. The van der Waals surface area contributed by atoms with Gasteiger partial charge in [0.15, 0.2) is 0 Å². The van der Waals surface area contributed by atoms with Crippen molar-refractivity contribution in [2.24, 2.45) is 0 Å². The average molecular weight is 502 g/mol. The van der Waals surface area contributed by atoms with Crippen molar-refractivity contribution in [2.75, 3.05) is 6.54 Å². The SMILES string of the molecule is CCNS(=O)(=O)c1ccc(-c2cn([C@@H](C)c3ccccn3)c3cc(-c4c(C)noc4C)cnc23)cc1. The number of nitrogens with one attached hydrogen (secondary N) is 1. The lowest BCUT2D eigenvalue weighted by atomic mass is 10.0. The molecule has 0 aliphatic rings. The lowest BCUT2D eigenvalue weighted by Gasteiger charge is -2.15. The number of aromatic nitrogens is 4. The Hall–Kier alpha value is -3.82. The van der Waals surface area contributed by atoms with Crippen molar-refractivity contribution < 1.29 is 12.9 Å². The number of rotatable bonds is 7. The van der Waals surface area contributed by atoms with Crippen molar-refractivity contribution in [1.82, 2.24) is 24.4 Å². The molecule has 0 aliphatic carbocycles. The summed E-state index contributed by atoms with van der Waals surface area (Å²) in [4.78, 5) is 9.64. The van der Waals surface area contributed by atoms with Gasteiger partial charge in [-0.15, -0.1) is 0 Å². The first-order valence-electron chi connectivity index (χ1n) is 11.7. The molecule has 9 heteroatoms. The molecule has 0 aliphatic heterocycles. The number of hydrogen-bond donors (Lipinski definition) is 1. The number of sulfonamides is 1. The molecule has 4 aromatic heterocycles. The first-order chi connectivity index (χ1) is 17.3. The van der Waals surface area contributed by atoms with Crippen LogP contribution < -0.4 is 4.72 Å². The number of hydrogen-bond acceptors (Lipinski definition) is 6. The highest BCUT2D eigenvalue weighted by Crippen LogP contribution is 2.36. The summed E-state index contributed by atoms with van der Waals surface area (Å²) in [5.41, 5.74) is 7.12. The van der Waals surface area contributed by atoms with Crippen LogP contribution in [0.3, 0.4) is 0 Å².